The van der Waals surface area contributed by atoms with Crippen molar-refractivity contribution in [2.75, 3.05) is 6.54 Å². The standard InChI is InChI=1S/C22H23NO2/c1-3-5-12-23-22(25)20-13-15(4-2)10-11-17(20)19-14-21(24)18-9-7-6-8-16(18)19/h6-11,13-14H,3-5,12H2,1-2H3,(H,23,25). The van der Waals surface area contributed by atoms with E-state index >= 15 is 0 Å². The summed E-state index contributed by atoms with van der Waals surface area (Å²) in [7, 11) is 0. The number of carbonyl (C=O) groups is 2. The Labute approximate surface area is 148 Å². The molecule has 0 atom stereocenters. The van der Waals surface area contributed by atoms with Gasteiger partial charge in [-0.3, -0.25) is 9.59 Å². The van der Waals surface area contributed by atoms with E-state index in [1.54, 1.807) is 6.08 Å². The Morgan fingerprint density at radius 1 is 1.00 bits per heavy atom. The first-order valence-electron chi connectivity index (χ1n) is 8.92. The summed E-state index contributed by atoms with van der Waals surface area (Å²) in [6, 6.07) is 13.5. The topological polar surface area (TPSA) is 46.2 Å². The molecule has 3 nitrogen and oxygen atoms in total. The molecule has 25 heavy (non-hydrogen) atoms. The molecule has 0 radical (unpaired) electrons. The molecule has 0 fully saturated rings. The molecule has 3 heteroatoms. The zero-order valence-electron chi connectivity index (χ0n) is 14.8. The van der Waals surface area contributed by atoms with Crippen LogP contribution in [0.2, 0.25) is 0 Å². The smallest absolute Gasteiger partial charge is 0.251 e. The van der Waals surface area contributed by atoms with Gasteiger partial charge in [0.2, 0.25) is 0 Å². The molecule has 1 aliphatic rings. The van der Waals surface area contributed by atoms with Gasteiger partial charge in [-0.25, -0.2) is 0 Å². The van der Waals surface area contributed by atoms with Gasteiger partial charge in [-0.05, 0) is 47.2 Å². The van der Waals surface area contributed by atoms with Crippen LogP contribution in [0.5, 0.6) is 0 Å². The summed E-state index contributed by atoms with van der Waals surface area (Å²) in [6.45, 7) is 4.84. The van der Waals surface area contributed by atoms with Gasteiger partial charge in [0.05, 0.1) is 0 Å². The number of aryl methyl sites for hydroxylation is 1. The fourth-order valence-electron chi connectivity index (χ4n) is 3.15. The van der Waals surface area contributed by atoms with E-state index in [-0.39, 0.29) is 11.7 Å². The number of hydrogen-bond donors (Lipinski definition) is 1. The Morgan fingerprint density at radius 3 is 2.48 bits per heavy atom. The molecule has 1 aliphatic carbocycles. The Kier molecular flexibility index (Phi) is 5.13. The molecule has 0 saturated heterocycles. The van der Waals surface area contributed by atoms with Gasteiger partial charge < -0.3 is 5.32 Å². The van der Waals surface area contributed by atoms with Crippen LogP contribution in [0, 0.1) is 0 Å². The van der Waals surface area contributed by atoms with E-state index in [1.165, 1.54) is 0 Å². The van der Waals surface area contributed by atoms with Crippen molar-refractivity contribution in [3.63, 3.8) is 0 Å². The van der Waals surface area contributed by atoms with Crippen molar-refractivity contribution in [2.45, 2.75) is 33.1 Å². The maximum atomic E-state index is 12.7. The first kappa shape index (κ1) is 17.2. The number of ketones is 1. The average Bonchev–Trinajstić information content (AvgIpc) is 2.98. The van der Waals surface area contributed by atoms with Crippen LogP contribution >= 0.6 is 0 Å². The molecule has 2 aromatic carbocycles. The Bertz CT molecular complexity index is 849. The number of rotatable bonds is 6. The summed E-state index contributed by atoms with van der Waals surface area (Å²) >= 11 is 0. The molecule has 2 aromatic rings. The third kappa shape index (κ3) is 3.41. The van der Waals surface area contributed by atoms with E-state index in [4.69, 9.17) is 0 Å². The molecule has 0 aromatic heterocycles. The minimum absolute atomic E-state index is 0.00232. The van der Waals surface area contributed by atoms with Gasteiger partial charge in [-0.1, -0.05) is 56.7 Å². The summed E-state index contributed by atoms with van der Waals surface area (Å²) in [5.41, 5.74) is 5.02. The molecule has 128 valence electrons. The Balaban J connectivity index is 2.03. The number of carbonyl (C=O) groups excluding carboxylic acids is 2. The molecule has 0 saturated carbocycles. The number of hydrogen-bond acceptors (Lipinski definition) is 2. The third-order valence-corrected chi connectivity index (χ3v) is 4.60. The van der Waals surface area contributed by atoms with Crippen molar-refractivity contribution >= 4 is 17.3 Å². The molecule has 1 amide bonds. The summed E-state index contributed by atoms with van der Waals surface area (Å²) in [6.07, 6.45) is 4.51. The molecular formula is C22H23NO2. The molecule has 0 heterocycles. The monoisotopic (exact) mass is 333 g/mol. The lowest BCUT2D eigenvalue weighted by Crippen LogP contribution is -2.25. The van der Waals surface area contributed by atoms with Gasteiger partial charge in [0, 0.05) is 17.7 Å². The normalized spacial score (nSPS) is 12.7. The highest BCUT2D eigenvalue weighted by atomic mass is 16.1. The van der Waals surface area contributed by atoms with E-state index in [9.17, 15) is 9.59 Å². The average molecular weight is 333 g/mol. The Hall–Kier alpha value is -2.68. The predicted molar refractivity (Wildman–Crippen MR) is 101 cm³/mol. The minimum atomic E-state index is -0.0727. The lowest BCUT2D eigenvalue weighted by Gasteiger charge is -2.13. The number of allylic oxidation sites excluding steroid dienone is 1. The maximum Gasteiger partial charge on any atom is 0.251 e. The van der Waals surface area contributed by atoms with Gasteiger partial charge in [0.15, 0.2) is 5.78 Å². The molecular weight excluding hydrogens is 310 g/mol. The van der Waals surface area contributed by atoms with Gasteiger partial charge in [-0.2, -0.15) is 0 Å². The number of amides is 1. The first-order valence-corrected chi connectivity index (χ1v) is 8.92. The van der Waals surface area contributed by atoms with E-state index in [0.29, 0.717) is 17.7 Å². The first-order chi connectivity index (χ1) is 12.2. The van der Waals surface area contributed by atoms with Crippen LogP contribution in [0.25, 0.3) is 5.57 Å². The van der Waals surface area contributed by atoms with E-state index in [2.05, 4.69) is 19.2 Å². The number of nitrogens with one attached hydrogen (secondary N) is 1. The minimum Gasteiger partial charge on any atom is -0.352 e. The maximum absolute atomic E-state index is 12.7. The van der Waals surface area contributed by atoms with Gasteiger partial charge in [0.1, 0.15) is 0 Å². The second kappa shape index (κ2) is 7.47. The summed E-state index contributed by atoms with van der Waals surface area (Å²) < 4.78 is 0. The van der Waals surface area contributed by atoms with E-state index < -0.39 is 0 Å². The molecule has 0 bridgehead atoms. The van der Waals surface area contributed by atoms with Crippen molar-refractivity contribution in [1.29, 1.82) is 0 Å². The third-order valence-electron chi connectivity index (χ3n) is 4.60. The molecule has 1 N–H and O–H groups in total. The largest absolute Gasteiger partial charge is 0.352 e. The van der Waals surface area contributed by atoms with Crippen molar-refractivity contribution in [2.24, 2.45) is 0 Å². The molecule has 0 unspecified atom stereocenters. The zero-order chi connectivity index (χ0) is 17.8. The lowest BCUT2D eigenvalue weighted by atomic mass is 9.93. The fraction of sp³-hybridized carbons (Fsp3) is 0.273. The highest BCUT2D eigenvalue weighted by molar-refractivity contribution is 6.20. The van der Waals surface area contributed by atoms with Crippen molar-refractivity contribution in [3.8, 4) is 0 Å². The van der Waals surface area contributed by atoms with Crippen molar-refractivity contribution in [3.05, 3.63) is 76.4 Å². The van der Waals surface area contributed by atoms with Gasteiger partial charge >= 0.3 is 0 Å². The van der Waals surface area contributed by atoms with Gasteiger partial charge in [0.25, 0.3) is 5.91 Å². The van der Waals surface area contributed by atoms with Crippen LogP contribution in [-0.4, -0.2) is 18.2 Å². The summed E-state index contributed by atoms with van der Waals surface area (Å²) in [5, 5.41) is 3.00. The van der Waals surface area contributed by atoms with Crippen LogP contribution in [0.4, 0.5) is 0 Å². The van der Waals surface area contributed by atoms with E-state index in [1.807, 2.05) is 42.5 Å². The second-order valence-corrected chi connectivity index (χ2v) is 6.31. The second-order valence-electron chi connectivity index (χ2n) is 6.31. The summed E-state index contributed by atoms with van der Waals surface area (Å²) in [4.78, 5) is 25.0. The lowest BCUT2D eigenvalue weighted by molar-refractivity contribution is 0.0952. The van der Waals surface area contributed by atoms with E-state index in [0.717, 1.165) is 41.5 Å². The quantitative estimate of drug-likeness (QED) is 0.796. The van der Waals surface area contributed by atoms with Crippen LogP contribution in [0.3, 0.4) is 0 Å². The van der Waals surface area contributed by atoms with Crippen LogP contribution in [0.1, 0.15) is 64.1 Å². The highest BCUT2D eigenvalue weighted by Gasteiger charge is 2.24. The van der Waals surface area contributed by atoms with Crippen molar-refractivity contribution < 1.29 is 9.59 Å². The molecule has 0 spiro atoms. The fourth-order valence-corrected chi connectivity index (χ4v) is 3.15. The SMILES string of the molecule is CCCCNC(=O)c1cc(CC)ccc1C1=CC(=O)c2ccccc21. The number of fused-ring (bicyclic) bond motifs is 1. The zero-order valence-corrected chi connectivity index (χ0v) is 14.8. The molecule has 0 aliphatic heterocycles. The van der Waals surface area contributed by atoms with Crippen LogP contribution in [0.15, 0.2) is 48.5 Å². The van der Waals surface area contributed by atoms with Crippen LogP contribution < -0.4 is 5.32 Å². The van der Waals surface area contributed by atoms with Gasteiger partial charge in [-0.15, -0.1) is 0 Å². The Morgan fingerprint density at radius 2 is 1.76 bits per heavy atom. The summed E-state index contributed by atoms with van der Waals surface area (Å²) in [5.74, 6) is -0.0704. The highest BCUT2D eigenvalue weighted by Crippen LogP contribution is 2.34. The number of benzene rings is 2. The predicted octanol–water partition coefficient (Wildman–Crippen LogP) is 4.41. The molecule has 3 rings (SSSR count). The number of unbranched alkanes of at least 4 members (excludes halogenated alkanes) is 1. The van der Waals surface area contributed by atoms with Crippen LogP contribution in [-0.2, 0) is 6.42 Å². The van der Waals surface area contributed by atoms with Crippen molar-refractivity contribution in [1.82, 2.24) is 5.32 Å².